The second-order valence-corrected chi connectivity index (χ2v) is 5.54. The Bertz CT molecular complexity index is 565. The molecule has 3 heteroatoms. The maximum atomic E-state index is 4.45. The molecule has 1 aromatic carbocycles. The third kappa shape index (κ3) is 3.23. The number of hydrogen-bond donors (Lipinski definition) is 1. The Morgan fingerprint density at radius 3 is 2.00 bits per heavy atom. The fourth-order valence-corrected chi connectivity index (χ4v) is 2.64. The van der Waals surface area contributed by atoms with Crippen molar-refractivity contribution >= 4 is 0 Å². The summed E-state index contributed by atoms with van der Waals surface area (Å²) in [5, 5.41) is 3.33. The van der Waals surface area contributed by atoms with Gasteiger partial charge in [-0.3, -0.25) is 0 Å². The van der Waals surface area contributed by atoms with Crippen molar-refractivity contribution in [3.05, 3.63) is 58.2 Å². The molecule has 0 saturated heterocycles. The molecule has 1 N–H and O–H groups in total. The van der Waals surface area contributed by atoms with Crippen molar-refractivity contribution < 1.29 is 0 Å². The molecule has 1 heterocycles. The van der Waals surface area contributed by atoms with Crippen LogP contribution in [0.4, 0.5) is 0 Å². The molecule has 0 radical (unpaired) electrons. The molecule has 106 valence electrons. The highest BCUT2D eigenvalue weighted by Crippen LogP contribution is 2.22. The summed E-state index contributed by atoms with van der Waals surface area (Å²) >= 11 is 0. The van der Waals surface area contributed by atoms with E-state index in [0.717, 1.165) is 17.8 Å². The molecule has 0 aliphatic carbocycles. The van der Waals surface area contributed by atoms with Gasteiger partial charge in [-0.1, -0.05) is 17.7 Å². The van der Waals surface area contributed by atoms with Gasteiger partial charge >= 0.3 is 0 Å². The van der Waals surface area contributed by atoms with E-state index in [1.165, 1.54) is 22.3 Å². The van der Waals surface area contributed by atoms with Gasteiger partial charge in [-0.2, -0.15) is 0 Å². The molecule has 2 rings (SSSR count). The predicted molar refractivity (Wildman–Crippen MR) is 82.9 cm³/mol. The van der Waals surface area contributed by atoms with Gasteiger partial charge in [0, 0.05) is 12.4 Å². The molecule has 20 heavy (non-hydrogen) atoms. The zero-order valence-corrected chi connectivity index (χ0v) is 13.0. The number of hydrogen-bond acceptors (Lipinski definition) is 3. The van der Waals surface area contributed by atoms with Crippen molar-refractivity contribution in [1.82, 2.24) is 15.3 Å². The maximum Gasteiger partial charge on any atom is 0.145 e. The molecule has 0 aliphatic rings. The van der Waals surface area contributed by atoms with Crippen molar-refractivity contribution in [2.24, 2.45) is 0 Å². The summed E-state index contributed by atoms with van der Waals surface area (Å²) in [6.45, 7) is 8.50. The minimum absolute atomic E-state index is 0.149. The second-order valence-electron chi connectivity index (χ2n) is 5.54. The highest BCUT2D eigenvalue weighted by Gasteiger charge is 2.15. The van der Waals surface area contributed by atoms with E-state index >= 15 is 0 Å². The smallest absolute Gasteiger partial charge is 0.145 e. The van der Waals surface area contributed by atoms with Crippen molar-refractivity contribution in [2.45, 2.75) is 40.2 Å². The average molecular weight is 269 g/mol. The first kappa shape index (κ1) is 14.7. The summed E-state index contributed by atoms with van der Waals surface area (Å²) in [5.74, 6) is 0.859. The molecule has 0 amide bonds. The quantitative estimate of drug-likeness (QED) is 0.926. The first-order valence-electron chi connectivity index (χ1n) is 7.03. The van der Waals surface area contributed by atoms with Crippen LogP contribution in [0.5, 0.6) is 0 Å². The van der Waals surface area contributed by atoms with E-state index in [1.807, 2.05) is 26.4 Å². The molecular weight excluding hydrogens is 246 g/mol. The van der Waals surface area contributed by atoms with Crippen LogP contribution in [0.25, 0.3) is 0 Å². The van der Waals surface area contributed by atoms with Crippen LogP contribution in [0, 0.1) is 27.7 Å². The van der Waals surface area contributed by atoms with Crippen molar-refractivity contribution in [1.29, 1.82) is 0 Å². The van der Waals surface area contributed by atoms with Gasteiger partial charge in [0.2, 0.25) is 0 Å². The van der Waals surface area contributed by atoms with Gasteiger partial charge in [-0.15, -0.1) is 0 Å². The summed E-state index contributed by atoms with van der Waals surface area (Å²) in [6, 6.07) is 4.63. The molecule has 1 unspecified atom stereocenters. The van der Waals surface area contributed by atoms with E-state index in [4.69, 9.17) is 0 Å². The highest BCUT2D eigenvalue weighted by molar-refractivity contribution is 5.38. The number of aryl methyl sites for hydroxylation is 4. The standard InChI is InChI=1S/C17H23N3/c1-11-6-13(3)15(14(4)7-11)8-16(18-5)17-19-9-12(2)10-20-17/h6-7,9-10,16,18H,8H2,1-5H3. The van der Waals surface area contributed by atoms with Crippen LogP contribution in [0.1, 0.15) is 39.7 Å². The van der Waals surface area contributed by atoms with Gasteiger partial charge in [-0.25, -0.2) is 9.97 Å². The van der Waals surface area contributed by atoms with Crippen LogP contribution in [0.2, 0.25) is 0 Å². The van der Waals surface area contributed by atoms with E-state index in [0.29, 0.717) is 0 Å². The lowest BCUT2D eigenvalue weighted by Crippen LogP contribution is -2.22. The van der Waals surface area contributed by atoms with Crippen molar-refractivity contribution in [2.75, 3.05) is 7.05 Å². The van der Waals surface area contributed by atoms with Crippen LogP contribution >= 0.6 is 0 Å². The first-order chi connectivity index (χ1) is 9.51. The SMILES string of the molecule is CNC(Cc1c(C)cc(C)cc1C)c1ncc(C)cn1. The fourth-order valence-electron chi connectivity index (χ4n) is 2.64. The lowest BCUT2D eigenvalue weighted by atomic mass is 9.94. The predicted octanol–water partition coefficient (Wildman–Crippen LogP) is 3.21. The topological polar surface area (TPSA) is 37.8 Å². The van der Waals surface area contributed by atoms with Crippen molar-refractivity contribution in [3.63, 3.8) is 0 Å². The van der Waals surface area contributed by atoms with Crippen LogP contribution in [-0.4, -0.2) is 17.0 Å². The first-order valence-corrected chi connectivity index (χ1v) is 7.03. The lowest BCUT2D eigenvalue weighted by molar-refractivity contribution is 0.554. The Morgan fingerprint density at radius 1 is 0.950 bits per heavy atom. The van der Waals surface area contributed by atoms with Gasteiger partial charge in [0.25, 0.3) is 0 Å². The van der Waals surface area contributed by atoms with E-state index in [2.05, 4.69) is 48.2 Å². The Kier molecular flexibility index (Phi) is 4.50. The molecule has 0 spiro atoms. The fraction of sp³-hybridized carbons (Fsp3) is 0.412. The molecule has 3 nitrogen and oxygen atoms in total. The summed E-state index contributed by atoms with van der Waals surface area (Å²) in [6.07, 6.45) is 4.67. The Labute approximate surface area is 121 Å². The van der Waals surface area contributed by atoms with Crippen LogP contribution < -0.4 is 5.32 Å². The minimum atomic E-state index is 0.149. The normalized spacial score (nSPS) is 12.4. The lowest BCUT2D eigenvalue weighted by Gasteiger charge is -2.18. The molecule has 1 aromatic heterocycles. The molecule has 0 saturated carbocycles. The van der Waals surface area contributed by atoms with Gasteiger partial charge in [0.15, 0.2) is 0 Å². The van der Waals surface area contributed by atoms with Crippen LogP contribution in [-0.2, 0) is 6.42 Å². The van der Waals surface area contributed by atoms with E-state index in [1.54, 1.807) is 0 Å². The van der Waals surface area contributed by atoms with E-state index < -0.39 is 0 Å². The number of benzene rings is 1. The Balaban J connectivity index is 2.29. The van der Waals surface area contributed by atoms with Gasteiger partial charge in [-0.05, 0) is 63.4 Å². The third-order valence-corrected chi connectivity index (χ3v) is 3.71. The Morgan fingerprint density at radius 2 is 1.50 bits per heavy atom. The molecular formula is C17H23N3. The number of nitrogens with one attached hydrogen (secondary N) is 1. The molecule has 0 fully saturated rings. The zero-order valence-electron chi connectivity index (χ0n) is 13.0. The summed E-state index contributed by atoms with van der Waals surface area (Å²) in [5.41, 5.74) is 6.48. The van der Waals surface area contributed by atoms with E-state index in [9.17, 15) is 0 Å². The van der Waals surface area contributed by atoms with E-state index in [-0.39, 0.29) is 6.04 Å². The second kappa shape index (κ2) is 6.14. The molecule has 1 atom stereocenters. The number of rotatable bonds is 4. The number of nitrogens with zero attached hydrogens (tertiary/aromatic N) is 2. The third-order valence-electron chi connectivity index (χ3n) is 3.71. The highest BCUT2D eigenvalue weighted by atomic mass is 15.0. The van der Waals surface area contributed by atoms with Gasteiger partial charge in [0.1, 0.15) is 5.82 Å². The zero-order chi connectivity index (χ0) is 14.7. The monoisotopic (exact) mass is 269 g/mol. The van der Waals surface area contributed by atoms with Crippen LogP contribution in [0.3, 0.4) is 0 Å². The number of likely N-dealkylation sites (N-methyl/N-ethyl adjacent to an activating group) is 1. The summed E-state index contributed by atoms with van der Waals surface area (Å²) in [4.78, 5) is 8.90. The van der Waals surface area contributed by atoms with Gasteiger partial charge < -0.3 is 5.32 Å². The van der Waals surface area contributed by atoms with Crippen molar-refractivity contribution in [3.8, 4) is 0 Å². The maximum absolute atomic E-state index is 4.45. The summed E-state index contributed by atoms with van der Waals surface area (Å²) < 4.78 is 0. The molecule has 0 aliphatic heterocycles. The van der Waals surface area contributed by atoms with Gasteiger partial charge in [0.05, 0.1) is 6.04 Å². The van der Waals surface area contributed by atoms with Crippen LogP contribution in [0.15, 0.2) is 24.5 Å². The Hall–Kier alpha value is -1.74. The molecule has 0 bridgehead atoms. The largest absolute Gasteiger partial charge is 0.310 e. The average Bonchev–Trinajstić information content (AvgIpc) is 2.39. The minimum Gasteiger partial charge on any atom is -0.310 e. The molecule has 2 aromatic rings. The number of aromatic nitrogens is 2. The summed E-state index contributed by atoms with van der Waals surface area (Å²) in [7, 11) is 1.97.